The zero-order chi connectivity index (χ0) is 12.0. The largest absolute Gasteiger partial charge is 0.483 e. The Morgan fingerprint density at radius 1 is 1.56 bits per heavy atom. The Kier molecular flexibility index (Phi) is 5.21. The van der Waals surface area contributed by atoms with Crippen molar-refractivity contribution in [2.45, 2.75) is 6.92 Å². The summed E-state index contributed by atoms with van der Waals surface area (Å²) in [5, 5.41) is 0. The van der Waals surface area contributed by atoms with Gasteiger partial charge in [0.05, 0.1) is 11.1 Å². The molecular formula is C10H11BrFNO3. The van der Waals surface area contributed by atoms with Crippen LogP contribution in [0.1, 0.15) is 6.92 Å². The molecule has 0 fully saturated rings. The minimum atomic E-state index is -0.405. The summed E-state index contributed by atoms with van der Waals surface area (Å²) in [6.45, 7) is 1.94. The molecule has 0 atom stereocenters. The molecule has 1 aromatic carbocycles. The Morgan fingerprint density at radius 3 is 2.94 bits per heavy atom. The number of carbonyl (C=O) groups excluding carboxylic acids is 1. The average molecular weight is 292 g/mol. The smallest absolute Gasteiger partial charge is 0.281 e. The molecular weight excluding hydrogens is 281 g/mol. The van der Waals surface area contributed by atoms with E-state index < -0.39 is 5.91 Å². The summed E-state index contributed by atoms with van der Waals surface area (Å²) in [5.74, 6) is -0.385. The van der Waals surface area contributed by atoms with Gasteiger partial charge in [0.25, 0.3) is 5.91 Å². The minimum absolute atomic E-state index is 0.190. The maximum atomic E-state index is 12.7. The predicted molar refractivity (Wildman–Crippen MR) is 59.4 cm³/mol. The van der Waals surface area contributed by atoms with Crippen LogP contribution in [-0.4, -0.2) is 19.1 Å². The zero-order valence-electron chi connectivity index (χ0n) is 8.63. The monoisotopic (exact) mass is 291 g/mol. The highest BCUT2D eigenvalue weighted by atomic mass is 79.9. The highest BCUT2D eigenvalue weighted by Crippen LogP contribution is 2.25. The zero-order valence-corrected chi connectivity index (χ0v) is 10.2. The van der Waals surface area contributed by atoms with Crippen LogP contribution < -0.4 is 10.2 Å². The molecule has 0 radical (unpaired) electrons. The van der Waals surface area contributed by atoms with E-state index in [1.54, 1.807) is 6.92 Å². The predicted octanol–water partition coefficient (Wildman–Crippen LogP) is 2.03. The normalized spacial score (nSPS) is 9.94. The van der Waals surface area contributed by atoms with Crippen molar-refractivity contribution in [2.24, 2.45) is 0 Å². The Hall–Kier alpha value is -1.14. The van der Waals surface area contributed by atoms with E-state index in [2.05, 4.69) is 26.2 Å². The Morgan fingerprint density at radius 2 is 2.31 bits per heavy atom. The lowest BCUT2D eigenvalue weighted by Crippen LogP contribution is -2.29. The van der Waals surface area contributed by atoms with E-state index >= 15 is 0 Å². The fourth-order valence-electron chi connectivity index (χ4n) is 0.918. The second-order valence-corrected chi connectivity index (χ2v) is 3.68. The molecule has 1 N–H and O–H groups in total. The number of hydroxylamine groups is 1. The van der Waals surface area contributed by atoms with Gasteiger partial charge in [0.1, 0.15) is 11.6 Å². The van der Waals surface area contributed by atoms with Crippen molar-refractivity contribution in [3.8, 4) is 5.75 Å². The van der Waals surface area contributed by atoms with Gasteiger partial charge in [-0.25, -0.2) is 9.87 Å². The summed E-state index contributed by atoms with van der Waals surface area (Å²) < 4.78 is 18.3. The van der Waals surface area contributed by atoms with Crippen LogP contribution in [0.15, 0.2) is 22.7 Å². The van der Waals surface area contributed by atoms with Crippen LogP contribution in [0.4, 0.5) is 4.39 Å². The molecule has 0 saturated heterocycles. The summed E-state index contributed by atoms with van der Waals surface area (Å²) in [6.07, 6.45) is 0. The molecule has 16 heavy (non-hydrogen) atoms. The van der Waals surface area contributed by atoms with E-state index in [0.717, 1.165) is 0 Å². The Labute approximate surface area is 101 Å². The molecule has 1 aromatic rings. The molecule has 88 valence electrons. The topological polar surface area (TPSA) is 47.6 Å². The van der Waals surface area contributed by atoms with Crippen molar-refractivity contribution in [2.75, 3.05) is 13.2 Å². The lowest BCUT2D eigenvalue weighted by atomic mass is 10.3. The summed E-state index contributed by atoms with van der Waals surface area (Å²) >= 11 is 3.12. The molecule has 0 aliphatic carbocycles. The highest BCUT2D eigenvalue weighted by Gasteiger charge is 2.06. The van der Waals surface area contributed by atoms with E-state index in [1.807, 2.05) is 0 Å². The van der Waals surface area contributed by atoms with Crippen molar-refractivity contribution < 1.29 is 18.8 Å². The van der Waals surface area contributed by atoms with Crippen molar-refractivity contribution in [3.63, 3.8) is 0 Å². The quantitative estimate of drug-likeness (QED) is 0.845. The molecule has 1 amide bonds. The molecule has 0 aromatic heterocycles. The van der Waals surface area contributed by atoms with Gasteiger partial charge in [-0.05, 0) is 41.1 Å². The third kappa shape index (κ3) is 4.16. The number of hydrogen-bond acceptors (Lipinski definition) is 3. The third-order valence-electron chi connectivity index (χ3n) is 1.58. The van der Waals surface area contributed by atoms with Gasteiger partial charge in [0, 0.05) is 0 Å². The molecule has 0 saturated carbocycles. The molecule has 0 aliphatic rings. The van der Waals surface area contributed by atoms with E-state index in [1.165, 1.54) is 18.2 Å². The van der Waals surface area contributed by atoms with Crippen molar-refractivity contribution in [1.82, 2.24) is 5.48 Å². The van der Waals surface area contributed by atoms with Gasteiger partial charge in [-0.1, -0.05) is 0 Å². The third-order valence-corrected chi connectivity index (χ3v) is 2.20. The first-order valence-electron chi connectivity index (χ1n) is 4.62. The van der Waals surface area contributed by atoms with E-state index in [4.69, 9.17) is 4.74 Å². The van der Waals surface area contributed by atoms with E-state index in [0.29, 0.717) is 16.8 Å². The lowest BCUT2D eigenvalue weighted by Gasteiger charge is -2.08. The first-order valence-corrected chi connectivity index (χ1v) is 5.41. The first kappa shape index (κ1) is 12.9. The molecule has 0 bridgehead atoms. The van der Waals surface area contributed by atoms with Gasteiger partial charge in [0.2, 0.25) is 0 Å². The molecule has 4 nitrogen and oxygen atoms in total. The molecule has 1 rings (SSSR count). The van der Waals surface area contributed by atoms with Crippen LogP contribution in [0.3, 0.4) is 0 Å². The summed E-state index contributed by atoms with van der Waals surface area (Å²) in [4.78, 5) is 15.8. The van der Waals surface area contributed by atoms with Crippen LogP contribution in [0.25, 0.3) is 0 Å². The summed E-state index contributed by atoms with van der Waals surface area (Å²) in [7, 11) is 0. The Bertz CT molecular complexity index is 373. The maximum absolute atomic E-state index is 12.7. The van der Waals surface area contributed by atoms with Crippen LogP contribution in [0, 0.1) is 5.82 Å². The molecule has 0 heterocycles. The SMILES string of the molecule is CCONC(=O)COc1ccc(F)cc1Br. The van der Waals surface area contributed by atoms with E-state index in [-0.39, 0.29) is 12.4 Å². The van der Waals surface area contributed by atoms with Crippen LogP contribution in [0.5, 0.6) is 5.75 Å². The van der Waals surface area contributed by atoms with Gasteiger partial charge in [0.15, 0.2) is 6.61 Å². The van der Waals surface area contributed by atoms with Crippen LogP contribution in [-0.2, 0) is 9.63 Å². The molecule has 0 spiro atoms. The fraction of sp³-hybridized carbons (Fsp3) is 0.300. The minimum Gasteiger partial charge on any atom is -0.483 e. The van der Waals surface area contributed by atoms with E-state index in [9.17, 15) is 9.18 Å². The second kappa shape index (κ2) is 6.44. The fourth-order valence-corrected chi connectivity index (χ4v) is 1.38. The van der Waals surface area contributed by atoms with Crippen LogP contribution >= 0.6 is 15.9 Å². The van der Waals surface area contributed by atoms with Gasteiger partial charge >= 0.3 is 0 Å². The van der Waals surface area contributed by atoms with Gasteiger partial charge < -0.3 is 4.74 Å². The number of nitrogens with one attached hydrogen (secondary N) is 1. The highest BCUT2D eigenvalue weighted by molar-refractivity contribution is 9.10. The van der Waals surface area contributed by atoms with Crippen LogP contribution in [0.2, 0.25) is 0 Å². The average Bonchev–Trinajstić information content (AvgIpc) is 2.25. The number of carbonyl (C=O) groups is 1. The number of benzene rings is 1. The molecule has 0 unspecified atom stereocenters. The van der Waals surface area contributed by atoms with Crippen molar-refractivity contribution in [1.29, 1.82) is 0 Å². The van der Waals surface area contributed by atoms with Crippen molar-refractivity contribution in [3.05, 3.63) is 28.5 Å². The summed E-state index contributed by atoms with van der Waals surface area (Å²) in [6, 6.07) is 3.95. The number of halogens is 2. The molecule has 6 heteroatoms. The standard InChI is InChI=1S/C10H11BrFNO3/c1-2-16-13-10(14)6-15-9-4-3-7(12)5-8(9)11/h3-5H,2,6H2,1H3,(H,13,14). The van der Waals surface area contributed by atoms with Crippen molar-refractivity contribution >= 4 is 21.8 Å². The van der Waals surface area contributed by atoms with Gasteiger partial charge in [-0.15, -0.1) is 0 Å². The first-order chi connectivity index (χ1) is 7.63. The number of ether oxygens (including phenoxy) is 1. The number of amides is 1. The molecule has 0 aliphatic heterocycles. The van der Waals surface area contributed by atoms with Gasteiger partial charge in [-0.2, -0.15) is 0 Å². The number of rotatable bonds is 5. The summed E-state index contributed by atoms with van der Waals surface area (Å²) in [5.41, 5.74) is 2.18. The Balaban J connectivity index is 2.45. The lowest BCUT2D eigenvalue weighted by molar-refractivity contribution is -0.135. The van der Waals surface area contributed by atoms with Gasteiger partial charge in [-0.3, -0.25) is 9.63 Å². The second-order valence-electron chi connectivity index (χ2n) is 2.82. The number of hydrogen-bond donors (Lipinski definition) is 1. The maximum Gasteiger partial charge on any atom is 0.281 e.